The summed E-state index contributed by atoms with van der Waals surface area (Å²) in [5.74, 6) is 0. The number of nitrogens with zero attached hydrogens (tertiary/aromatic N) is 2. The van der Waals surface area contributed by atoms with Crippen LogP contribution in [0.15, 0.2) is 53.6 Å². The number of hydrogen-bond acceptors (Lipinski definition) is 4. The van der Waals surface area contributed by atoms with E-state index in [1.54, 1.807) is 6.07 Å². The monoisotopic (exact) mass is 275 g/mol. The molecular formula is C13H10ClN3O2. The Kier molecular flexibility index (Phi) is 4.10. The van der Waals surface area contributed by atoms with Gasteiger partial charge in [0.15, 0.2) is 0 Å². The molecule has 19 heavy (non-hydrogen) atoms. The molecule has 96 valence electrons. The highest BCUT2D eigenvalue weighted by Gasteiger charge is 2.11. The highest BCUT2D eigenvalue weighted by Crippen LogP contribution is 2.24. The van der Waals surface area contributed by atoms with Gasteiger partial charge in [0.05, 0.1) is 16.8 Å². The van der Waals surface area contributed by atoms with Crippen molar-refractivity contribution in [2.45, 2.75) is 0 Å². The number of nitro groups is 1. The van der Waals surface area contributed by atoms with Crippen molar-refractivity contribution >= 4 is 29.2 Å². The topological polar surface area (TPSA) is 67.5 Å². The molecule has 0 aromatic heterocycles. The molecule has 0 atom stereocenters. The zero-order chi connectivity index (χ0) is 13.7. The van der Waals surface area contributed by atoms with Crippen molar-refractivity contribution in [3.05, 3.63) is 69.2 Å². The Labute approximate surface area is 114 Å². The smallest absolute Gasteiger partial charge is 0.279 e. The van der Waals surface area contributed by atoms with Gasteiger partial charge in [-0.2, -0.15) is 5.10 Å². The van der Waals surface area contributed by atoms with Gasteiger partial charge in [-0.15, -0.1) is 0 Å². The number of anilines is 1. The lowest BCUT2D eigenvalue weighted by molar-refractivity contribution is -0.384. The fraction of sp³-hybridized carbons (Fsp3) is 0. The Morgan fingerprint density at radius 1 is 1.21 bits per heavy atom. The number of rotatable bonds is 4. The molecule has 2 rings (SSSR count). The molecule has 0 spiro atoms. The average molecular weight is 276 g/mol. The minimum atomic E-state index is -0.524. The first kappa shape index (κ1) is 13.0. The van der Waals surface area contributed by atoms with E-state index < -0.39 is 4.92 Å². The fourth-order valence-corrected chi connectivity index (χ4v) is 1.63. The largest absolute Gasteiger partial charge is 0.288 e. The normalized spacial score (nSPS) is 10.6. The van der Waals surface area contributed by atoms with Crippen molar-refractivity contribution in [2.75, 3.05) is 5.43 Å². The molecule has 0 bridgehead atoms. The molecule has 6 heteroatoms. The number of hydrogen-bond donors (Lipinski definition) is 1. The van der Waals surface area contributed by atoms with Crippen LogP contribution in [0.5, 0.6) is 0 Å². The van der Waals surface area contributed by atoms with Gasteiger partial charge in [0, 0.05) is 11.6 Å². The summed E-state index contributed by atoms with van der Waals surface area (Å²) >= 11 is 5.72. The minimum Gasteiger partial charge on any atom is -0.279 e. The van der Waals surface area contributed by atoms with Crippen molar-refractivity contribution in [1.29, 1.82) is 0 Å². The highest BCUT2D eigenvalue weighted by atomic mass is 35.5. The fourth-order valence-electron chi connectivity index (χ4n) is 1.44. The quantitative estimate of drug-likeness (QED) is 0.525. The molecule has 0 saturated carbocycles. The van der Waals surface area contributed by atoms with Gasteiger partial charge in [0.25, 0.3) is 5.69 Å². The summed E-state index contributed by atoms with van der Waals surface area (Å²) in [7, 11) is 0. The van der Waals surface area contributed by atoms with E-state index in [1.807, 2.05) is 30.3 Å². The van der Waals surface area contributed by atoms with Gasteiger partial charge in [0.1, 0.15) is 5.02 Å². The van der Waals surface area contributed by atoms with Gasteiger partial charge < -0.3 is 0 Å². The molecule has 0 aliphatic rings. The highest BCUT2D eigenvalue weighted by molar-refractivity contribution is 6.32. The maximum absolute atomic E-state index is 10.7. The SMILES string of the molecule is O=[N+]([O-])c1cc(/C=N/Nc2ccccc2)ccc1Cl. The first-order valence-corrected chi connectivity index (χ1v) is 5.82. The molecule has 0 heterocycles. The van der Waals surface area contributed by atoms with Gasteiger partial charge in [-0.05, 0) is 18.2 Å². The van der Waals surface area contributed by atoms with E-state index in [0.717, 1.165) is 5.69 Å². The number of para-hydroxylation sites is 1. The van der Waals surface area contributed by atoms with E-state index in [-0.39, 0.29) is 10.7 Å². The van der Waals surface area contributed by atoms with E-state index in [1.165, 1.54) is 18.3 Å². The standard InChI is InChI=1S/C13H10ClN3O2/c14-12-7-6-10(8-13(12)17(18)19)9-15-16-11-4-2-1-3-5-11/h1-9,16H/b15-9+. The molecule has 1 N–H and O–H groups in total. The summed E-state index contributed by atoms with van der Waals surface area (Å²) < 4.78 is 0. The van der Waals surface area contributed by atoms with E-state index >= 15 is 0 Å². The van der Waals surface area contributed by atoms with Gasteiger partial charge in [-0.3, -0.25) is 15.5 Å². The summed E-state index contributed by atoms with van der Waals surface area (Å²) in [5, 5.41) is 14.8. The van der Waals surface area contributed by atoms with Crippen molar-refractivity contribution in [2.24, 2.45) is 5.10 Å². The zero-order valence-electron chi connectivity index (χ0n) is 9.79. The number of benzene rings is 2. The molecule has 0 aliphatic heterocycles. The Balaban J connectivity index is 2.11. The predicted octanol–water partition coefficient (Wildman–Crippen LogP) is 3.69. The second kappa shape index (κ2) is 5.97. The number of halogens is 1. The van der Waals surface area contributed by atoms with Gasteiger partial charge in [-0.1, -0.05) is 35.9 Å². The average Bonchev–Trinajstić information content (AvgIpc) is 2.41. The van der Waals surface area contributed by atoms with Crippen LogP contribution in [0.4, 0.5) is 11.4 Å². The summed E-state index contributed by atoms with van der Waals surface area (Å²) in [5.41, 5.74) is 4.12. The van der Waals surface area contributed by atoms with Crippen LogP contribution in [-0.4, -0.2) is 11.1 Å². The molecule has 0 radical (unpaired) electrons. The third kappa shape index (κ3) is 3.53. The van der Waals surface area contributed by atoms with E-state index in [4.69, 9.17) is 11.6 Å². The first-order chi connectivity index (χ1) is 9.16. The first-order valence-electron chi connectivity index (χ1n) is 5.45. The molecule has 0 unspecified atom stereocenters. The van der Waals surface area contributed by atoms with Crippen LogP contribution in [0.3, 0.4) is 0 Å². The molecule has 0 saturated heterocycles. The van der Waals surface area contributed by atoms with E-state index in [9.17, 15) is 10.1 Å². The van der Waals surface area contributed by atoms with Crippen LogP contribution >= 0.6 is 11.6 Å². The molecule has 0 fully saturated rings. The van der Waals surface area contributed by atoms with Crippen molar-refractivity contribution in [3.8, 4) is 0 Å². The van der Waals surface area contributed by atoms with Crippen LogP contribution in [-0.2, 0) is 0 Å². The number of hydrazone groups is 1. The van der Waals surface area contributed by atoms with Crippen LogP contribution in [0, 0.1) is 10.1 Å². The molecule has 5 nitrogen and oxygen atoms in total. The second-order valence-electron chi connectivity index (χ2n) is 3.70. The molecule has 0 amide bonds. The van der Waals surface area contributed by atoms with Crippen LogP contribution in [0.2, 0.25) is 5.02 Å². The maximum Gasteiger partial charge on any atom is 0.288 e. The summed E-state index contributed by atoms with van der Waals surface area (Å²) in [6.07, 6.45) is 1.50. The van der Waals surface area contributed by atoms with Crippen LogP contribution in [0.25, 0.3) is 0 Å². The van der Waals surface area contributed by atoms with Gasteiger partial charge >= 0.3 is 0 Å². The number of nitro benzene ring substituents is 1. The van der Waals surface area contributed by atoms with Crippen molar-refractivity contribution < 1.29 is 4.92 Å². The van der Waals surface area contributed by atoms with Gasteiger partial charge in [-0.25, -0.2) is 0 Å². The Bertz CT molecular complexity index is 615. The van der Waals surface area contributed by atoms with Crippen molar-refractivity contribution in [3.63, 3.8) is 0 Å². The third-order valence-electron chi connectivity index (χ3n) is 2.35. The Hall–Kier alpha value is -2.40. The molecule has 2 aromatic carbocycles. The lowest BCUT2D eigenvalue weighted by atomic mass is 10.2. The summed E-state index contributed by atoms with van der Waals surface area (Å²) in [6, 6.07) is 13.9. The van der Waals surface area contributed by atoms with Gasteiger partial charge in [0.2, 0.25) is 0 Å². The van der Waals surface area contributed by atoms with Crippen LogP contribution < -0.4 is 5.43 Å². The molecule has 2 aromatic rings. The van der Waals surface area contributed by atoms with Crippen LogP contribution in [0.1, 0.15) is 5.56 Å². The zero-order valence-corrected chi connectivity index (χ0v) is 10.5. The second-order valence-corrected chi connectivity index (χ2v) is 4.11. The summed E-state index contributed by atoms with van der Waals surface area (Å²) in [6.45, 7) is 0. The third-order valence-corrected chi connectivity index (χ3v) is 2.67. The molecule has 0 aliphatic carbocycles. The Morgan fingerprint density at radius 2 is 1.95 bits per heavy atom. The number of nitrogens with one attached hydrogen (secondary N) is 1. The molecular weight excluding hydrogens is 266 g/mol. The minimum absolute atomic E-state index is 0.109. The Morgan fingerprint density at radius 3 is 2.63 bits per heavy atom. The lowest BCUT2D eigenvalue weighted by Gasteiger charge is -1.99. The van der Waals surface area contributed by atoms with E-state index in [0.29, 0.717) is 5.56 Å². The van der Waals surface area contributed by atoms with Crippen molar-refractivity contribution in [1.82, 2.24) is 0 Å². The van der Waals surface area contributed by atoms with E-state index in [2.05, 4.69) is 10.5 Å². The maximum atomic E-state index is 10.7. The summed E-state index contributed by atoms with van der Waals surface area (Å²) in [4.78, 5) is 10.2. The predicted molar refractivity (Wildman–Crippen MR) is 75.8 cm³/mol. The lowest BCUT2D eigenvalue weighted by Crippen LogP contribution is -1.93.